The van der Waals surface area contributed by atoms with Gasteiger partial charge in [-0.3, -0.25) is 4.79 Å². The summed E-state index contributed by atoms with van der Waals surface area (Å²) in [6.07, 6.45) is 2.31. The molecule has 4 nitrogen and oxygen atoms in total. The number of rotatable bonds is 4. The van der Waals surface area contributed by atoms with E-state index in [2.05, 4.69) is 26.1 Å². The first-order valence-corrected chi connectivity index (χ1v) is 8.50. The molecule has 1 heterocycles. The average Bonchev–Trinajstić information content (AvgIpc) is 2.52. The van der Waals surface area contributed by atoms with Crippen molar-refractivity contribution in [2.45, 2.75) is 52.7 Å². The van der Waals surface area contributed by atoms with Gasteiger partial charge in [0.1, 0.15) is 6.04 Å². The van der Waals surface area contributed by atoms with E-state index in [1.807, 2.05) is 31.2 Å². The zero-order valence-electron chi connectivity index (χ0n) is 14.8. The molecule has 4 heteroatoms. The fourth-order valence-electron chi connectivity index (χ4n) is 3.28. The molecule has 128 valence electrons. The van der Waals surface area contributed by atoms with Crippen LogP contribution in [0.4, 0.5) is 0 Å². The lowest BCUT2D eigenvalue weighted by molar-refractivity contribution is -0.124. The van der Waals surface area contributed by atoms with Crippen molar-refractivity contribution in [2.24, 2.45) is 17.1 Å². The van der Waals surface area contributed by atoms with Gasteiger partial charge < -0.3 is 15.8 Å². The maximum Gasteiger partial charge on any atom is 0.241 e. The largest absolute Gasteiger partial charge is 0.377 e. The molecule has 2 rings (SSSR count). The summed E-state index contributed by atoms with van der Waals surface area (Å²) in [6.45, 7) is 10.0. The molecule has 1 amide bonds. The molecule has 1 aliphatic rings. The van der Waals surface area contributed by atoms with Crippen LogP contribution in [0.15, 0.2) is 24.3 Å². The van der Waals surface area contributed by atoms with Crippen LogP contribution in [0, 0.1) is 18.3 Å². The Morgan fingerprint density at radius 2 is 2.00 bits per heavy atom. The zero-order chi connectivity index (χ0) is 17.0. The van der Waals surface area contributed by atoms with Crippen LogP contribution in [-0.2, 0) is 9.53 Å². The second-order valence-electron chi connectivity index (χ2n) is 7.69. The molecule has 0 aliphatic carbocycles. The molecule has 0 saturated carbocycles. The van der Waals surface area contributed by atoms with E-state index in [1.54, 1.807) is 0 Å². The normalized spacial score (nSPS) is 23.3. The van der Waals surface area contributed by atoms with Crippen LogP contribution in [0.5, 0.6) is 0 Å². The fraction of sp³-hybridized carbons (Fsp3) is 0.632. The molecular weight excluding hydrogens is 288 g/mol. The van der Waals surface area contributed by atoms with Crippen molar-refractivity contribution in [3.8, 4) is 0 Å². The van der Waals surface area contributed by atoms with Gasteiger partial charge in [-0.2, -0.15) is 0 Å². The first kappa shape index (κ1) is 18.0. The molecule has 0 spiro atoms. The molecule has 23 heavy (non-hydrogen) atoms. The molecule has 0 radical (unpaired) electrons. The van der Waals surface area contributed by atoms with Gasteiger partial charge in [0.25, 0.3) is 0 Å². The summed E-state index contributed by atoms with van der Waals surface area (Å²) in [6, 6.07) is 7.18. The van der Waals surface area contributed by atoms with E-state index in [-0.39, 0.29) is 17.4 Å². The van der Waals surface area contributed by atoms with Crippen LogP contribution in [0.1, 0.15) is 50.8 Å². The highest BCUT2D eigenvalue weighted by molar-refractivity contribution is 5.82. The molecule has 3 atom stereocenters. The molecule has 1 aromatic carbocycles. The molecular formula is C19H30N2O2. The summed E-state index contributed by atoms with van der Waals surface area (Å²) in [5.74, 6) is 0.227. The van der Waals surface area contributed by atoms with Gasteiger partial charge in [0.15, 0.2) is 0 Å². The highest BCUT2D eigenvalue weighted by atomic mass is 16.5. The lowest BCUT2D eigenvalue weighted by atomic mass is 9.78. The fourth-order valence-corrected chi connectivity index (χ4v) is 3.28. The molecule has 3 unspecified atom stereocenters. The highest BCUT2D eigenvalue weighted by Gasteiger charge is 2.35. The van der Waals surface area contributed by atoms with Crippen molar-refractivity contribution in [1.82, 2.24) is 5.32 Å². The van der Waals surface area contributed by atoms with Crippen LogP contribution in [-0.4, -0.2) is 25.2 Å². The van der Waals surface area contributed by atoms with E-state index in [1.165, 1.54) is 0 Å². The number of hydrogen-bond acceptors (Lipinski definition) is 3. The van der Waals surface area contributed by atoms with Gasteiger partial charge >= 0.3 is 0 Å². The minimum atomic E-state index is -0.617. The van der Waals surface area contributed by atoms with E-state index >= 15 is 0 Å². The Bertz CT molecular complexity index is 519. The topological polar surface area (TPSA) is 64.4 Å². The van der Waals surface area contributed by atoms with E-state index in [0.29, 0.717) is 12.5 Å². The number of amides is 1. The highest BCUT2D eigenvalue weighted by Crippen LogP contribution is 2.33. The standard InChI is InChI=1S/C19H30N2O2/c1-13-7-9-14(10-8-13)16(20)18(22)21-12-15-6-5-11-23-17(15)19(2,3)4/h7-10,15-17H,5-6,11-12,20H2,1-4H3,(H,21,22). The third-order valence-corrected chi connectivity index (χ3v) is 4.56. The summed E-state index contributed by atoms with van der Waals surface area (Å²) in [5, 5.41) is 3.02. The number of carbonyl (C=O) groups is 1. The molecule has 1 aromatic rings. The van der Waals surface area contributed by atoms with E-state index in [0.717, 1.165) is 30.6 Å². The molecule has 1 aliphatic heterocycles. The number of benzene rings is 1. The predicted molar refractivity (Wildman–Crippen MR) is 93.0 cm³/mol. The molecule has 3 N–H and O–H groups in total. The first-order valence-electron chi connectivity index (χ1n) is 8.50. The average molecular weight is 318 g/mol. The third kappa shape index (κ3) is 4.79. The molecule has 1 fully saturated rings. The van der Waals surface area contributed by atoms with Crippen molar-refractivity contribution in [3.05, 3.63) is 35.4 Å². The lowest BCUT2D eigenvalue weighted by Crippen LogP contribution is -2.46. The van der Waals surface area contributed by atoms with Gasteiger partial charge in [0.05, 0.1) is 6.10 Å². The van der Waals surface area contributed by atoms with Crippen molar-refractivity contribution in [1.29, 1.82) is 0 Å². The van der Waals surface area contributed by atoms with Gasteiger partial charge in [0.2, 0.25) is 5.91 Å². The van der Waals surface area contributed by atoms with Gasteiger partial charge in [-0.1, -0.05) is 50.6 Å². The Hall–Kier alpha value is -1.39. The summed E-state index contributed by atoms with van der Waals surface area (Å²) in [5.41, 5.74) is 8.17. The van der Waals surface area contributed by atoms with Crippen LogP contribution >= 0.6 is 0 Å². The Balaban J connectivity index is 1.93. The number of hydrogen-bond donors (Lipinski definition) is 2. The summed E-state index contributed by atoms with van der Waals surface area (Å²) >= 11 is 0. The maximum atomic E-state index is 12.4. The van der Waals surface area contributed by atoms with Crippen LogP contribution < -0.4 is 11.1 Å². The van der Waals surface area contributed by atoms with Crippen molar-refractivity contribution in [2.75, 3.05) is 13.2 Å². The number of nitrogens with one attached hydrogen (secondary N) is 1. The summed E-state index contributed by atoms with van der Waals surface area (Å²) in [4.78, 5) is 12.4. The first-order chi connectivity index (χ1) is 10.8. The van der Waals surface area contributed by atoms with Crippen LogP contribution in [0.3, 0.4) is 0 Å². The minimum Gasteiger partial charge on any atom is -0.377 e. The molecule has 1 saturated heterocycles. The SMILES string of the molecule is Cc1ccc(C(N)C(=O)NCC2CCCOC2C(C)(C)C)cc1. The zero-order valence-corrected chi connectivity index (χ0v) is 14.8. The lowest BCUT2D eigenvalue weighted by Gasteiger charge is -2.40. The van der Waals surface area contributed by atoms with Gasteiger partial charge in [-0.05, 0) is 30.7 Å². The Labute approximate surface area is 139 Å². The summed E-state index contributed by atoms with van der Waals surface area (Å²) < 4.78 is 5.96. The Morgan fingerprint density at radius 3 is 2.61 bits per heavy atom. The second kappa shape index (κ2) is 7.45. The van der Waals surface area contributed by atoms with Crippen LogP contribution in [0.25, 0.3) is 0 Å². The van der Waals surface area contributed by atoms with Crippen molar-refractivity contribution >= 4 is 5.91 Å². The van der Waals surface area contributed by atoms with E-state index < -0.39 is 6.04 Å². The van der Waals surface area contributed by atoms with Gasteiger partial charge in [-0.15, -0.1) is 0 Å². The molecule has 0 aromatic heterocycles. The van der Waals surface area contributed by atoms with Gasteiger partial charge in [0, 0.05) is 19.1 Å². The summed E-state index contributed by atoms with van der Waals surface area (Å²) in [7, 11) is 0. The monoisotopic (exact) mass is 318 g/mol. The smallest absolute Gasteiger partial charge is 0.241 e. The number of aryl methyl sites for hydroxylation is 1. The van der Waals surface area contributed by atoms with Crippen molar-refractivity contribution < 1.29 is 9.53 Å². The number of carbonyl (C=O) groups excluding carboxylic acids is 1. The maximum absolute atomic E-state index is 12.4. The molecule has 0 bridgehead atoms. The van der Waals surface area contributed by atoms with E-state index in [9.17, 15) is 4.79 Å². The Morgan fingerprint density at radius 1 is 1.35 bits per heavy atom. The third-order valence-electron chi connectivity index (χ3n) is 4.56. The van der Waals surface area contributed by atoms with Crippen LogP contribution in [0.2, 0.25) is 0 Å². The van der Waals surface area contributed by atoms with Crippen molar-refractivity contribution in [3.63, 3.8) is 0 Å². The number of nitrogens with two attached hydrogens (primary N) is 1. The quantitative estimate of drug-likeness (QED) is 0.897. The Kier molecular flexibility index (Phi) is 5.82. The predicted octanol–water partition coefficient (Wildman–Crippen LogP) is 2.95. The van der Waals surface area contributed by atoms with Gasteiger partial charge in [-0.25, -0.2) is 0 Å². The second-order valence-corrected chi connectivity index (χ2v) is 7.69. The van der Waals surface area contributed by atoms with E-state index in [4.69, 9.17) is 10.5 Å². The minimum absolute atomic E-state index is 0.0783. The number of ether oxygens (including phenoxy) is 1.